The van der Waals surface area contributed by atoms with Crippen LogP contribution >= 0.6 is 11.6 Å². The Morgan fingerprint density at radius 2 is 1.88 bits per heavy atom. The zero-order valence-electron chi connectivity index (χ0n) is 14.3. The third kappa shape index (κ3) is 5.49. The number of carbonyl (C=O) groups is 2. The van der Waals surface area contributed by atoms with Crippen LogP contribution in [0.1, 0.15) is 15.9 Å². The van der Waals surface area contributed by atoms with Gasteiger partial charge in [-0.25, -0.2) is 5.43 Å². The number of hydrazone groups is 1. The molecule has 0 saturated heterocycles. The van der Waals surface area contributed by atoms with Crippen LogP contribution in [0.5, 0.6) is 11.5 Å². The van der Waals surface area contributed by atoms with Crippen molar-refractivity contribution in [2.75, 3.05) is 20.8 Å². The van der Waals surface area contributed by atoms with Gasteiger partial charge in [0.1, 0.15) is 0 Å². The van der Waals surface area contributed by atoms with Crippen LogP contribution in [-0.2, 0) is 4.79 Å². The molecule has 136 valence electrons. The molecule has 26 heavy (non-hydrogen) atoms. The predicted octanol–water partition coefficient (Wildman–Crippen LogP) is 2.24. The van der Waals surface area contributed by atoms with E-state index in [-0.39, 0.29) is 6.54 Å². The van der Waals surface area contributed by atoms with Gasteiger partial charge in [0.15, 0.2) is 11.5 Å². The molecule has 0 aliphatic carbocycles. The van der Waals surface area contributed by atoms with Gasteiger partial charge in [-0.15, -0.1) is 0 Å². The average molecular weight is 376 g/mol. The molecule has 2 aromatic rings. The van der Waals surface area contributed by atoms with Crippen LogP contribution in [0, 0.1) is 0 Å². The summed E-state index contributed by atoms with van der Waals surface area (Å²) in [6.45, 7) is -0.222. The van der Waals surface area contributed by atoms with E-state index in [1.807, 2.05) is 0 Å². The van der Waals surface area contributed by atoms with E-state index in [2.05, 4.69) is 15.8 Å². The van der Waals surface area contributed by atoms with Crippen LogP contribution in [-0.4, -0.2) is 38.8 Å². The predicted molar refractivity (Wildman–Crippen MR) is 99.1 cm³/mol. The second-order valence-corrected chi connectivity index (χ2v) is 5.54. The maximum absolute atomic E-state index is 12.1. The van der Waals surface area contributed by atoms with E-state index in [1.54, 1.807) is 36.4 Å². The van der Waals surface area contributed by atoms with Crippen LogP contribution < -0.4 is 20.2 Å². The molecule has 8 heteroatoms. The first-order valence-corrected chi connectivity index (χ1v) is 7.99. The number of hydrogen-bond acceptors (Lipinski definition) is 5. The van der Waals surface area contributed by atoms with Gasteiger partial charge in [-0.3, -0.25) is 9.59 Å². The molecule has 0 spiro atoms. The number of amides is 2. The van der Waals surface area contributed by atoms with Gasteiger partial charge < -0.3 is 14.8 Å². The summed E-state index contributed by atoms with van der Waals surface area (Å²) in [5, 5.41) is 6.89. The van der Waals surface area contributed by atoms with Crippen molar-refractivity contribution < 1.29 is 19.1 Å². The lowest BCUT2D eigenvalue weighted by atomic mass is 10.2. The highest BCUT2D eigenvalue weighted by Crippen LogP contribution is 2.27. The monoisotopic (exact) mass is 375 g/mol. The van der Waals surface area contributed by atoms with Gasteiger partial charge in [-0.2, -0.15) is 5.10 Å². The second kappa shape index (κ2) is 9.43. The normalized spacial score (nSPS) is 10.4. The Hall–Kier alpha value is -3.06. The number of rotatable bonds is 7. The molecule has 2 amide bonds. The summed E-state index contributed by atoms with van der Waals surface area (Å²) in [5.41, 5.74) is 3.41. The van der Waals surface area contributed by atoms with E-state index in [9.17, 15) is 9.59 Å². The first-order chi connectivity index (χ1) is 12.5. The number of ether oxygens (including phenoxy) is 2. The summed E-state index contributed by atoms with van der Waals surface area (Å²) >= 11 is 5.86. The largest absolute Gasteiger partial charge is 0.493 e. The van der Waals surface area contributed by atoms with Gasteiger partial charge in [-0.1, -0.05) is 23.7 Å². The number of halogens is 1. The van der Waals surface area contributed by atoms with Gasteiger partial charge in [0.25, 0.3) is 11.8 Å². The lowest BCUT2D eigenvalue weighted by Gasteiger charge is -2.09. The summed E-state index contributed by atoms with van der Waals surface area (Å²) in [4.78, 5) is 23.9. The lowest BCUT2D eigenvalue weighted by molar-refractivity contribution is -0.120. The third-order valence-corrected chi connectivity index (χ3v) is 3.54. The van der Waals surface area contributed by atoms with Crippen molar-refractivity contribution in [3.8, 4) is 11.5 Å². The summed E-state index contributed by atoms with van der Waals surface area (Å²) in [6.07, 6.45) is 1.46. The Bertz CT molecular complexity index is 824. The van der Waals surface area contributed by atoms with Crippen LogP contribution in [0.25, 0.3) is 0 Å². The van der Waals surface area contributed by atoms with Crippen LogP contribution in [0.3, 0.4) is 0 Å². The highest BCUT2D eigenvalue weighted by atomic mass is 35.5. The Labute approximate surface area is 155 Å². The van der Waals surface area contributed by atoms with Crippen molar-refractivity contribution in [2.24, 2.45) is 5.10 Å². The molecular formula is C18H18ClN3O4. The van der Waals surface area contributed by atoms with E-state index < -0.39 is 11.8 Å². The maximum Gasteiger partial charge on any atom is 0.259 e. The van der Waals surface area contributed by atoms with E-state index in [0.717, 1.165) is 5.56 Å². The molecule has 0 aromatic heterocycles. The molecular weight excluding hydrogens is 358 g/mol. The molecule has 0 atom stereocenters. The second-order valence-electron chi connectivity index (χ2n) is 5.10. The molecule has 0 fully saturated rings. The molecule has 0 unspecified atom stereocenters. The zero-order chi connectivity index (χ0) is 18.9. The minimum Gasteiger partial charge on any atom is -0.493 e. The van der Waals surface area contributed by atoms with Crippen molar-refractivity contribution in [1.29, 1.82) is 0 Å². The summed E-state index contributed by atoms with van der Waals surface area (Å²) in [7, 11) is 2.98. The molecule has 2 N–H and O–H groups in total. The number of methoxy groups -OCH3 is 2. The van der Waals surface area contributed by atoms with Crippen molar-refractivity contribution >= 4 is 29.6 Å². The fourth-order valence-corrected chi connectivity index (χ4v) is 2.24. The lowest BCUT2D eigenvalue weighted by Crippen LogP contribution is -2.34. The minimum atomic E-state index is -0.461. The standard InChI is InChI=1S/C18H18ClN3O4/c1-25-15-7-6-13(9-16(15)26-2)18(24)20-11-17(23)22-21-10-12-4-3-5-14(19)8-12/h3-10H,11H2,1-2H3,(H,20,24)(H,22,23)/b21-10-. The SMILES string of the molecule is COc1ccc(C(=O)NCC(=O)N/N=C\c2cccc(Cl)c2)cc1OC. The topological polar surface area (TPSA) is 89.0 Å². The Balaban J connectivity index is 1.86. The number of hydrogen-bond donors (Lipinski definition) is 2. The van der Waals surface area contributed by atoms with Crippen LogP contribution in [0.15, 0.2) is 47.6 Å². The molecule has 0 radical (unpaired) electrons. The van der Waals surface area contributed by atoms with Crippen molar-refractivity contribution in [3.05, 3.63) is 58.6 Å². The smallest absolute Gasteiger partial charge is 0.259 e. The molecule has 0 heterocycles. The number of nitrogens with one attached hydrogen (secondary N) is 2. The molecule has 0 aliphatic rings. The fraction of sp³-hybridized carbons (Fsp3) is 0.167. The van der Waals surface area contributed by atoms with E-state index >= 15 is 0 Å². The highest BCUT2D eigenvalue weighted by molar-refractivity contribution is 6.30. The first kappa shape index (κ1) is 19.3. The van der Waals surface area contributed by atoms with E-state index in [4.69, 9.17) is 21.1 Å². The van der Waals surface area contributed by atoms with Crippen molar-refractivity contribution in [3.63, 3.8) is 0 Å². The zero-order valence-corrected chi connectivity index (χ0v) is 15.0. The van der Waals surface area contributed by atoms with Crippen LogP contribution in [0.4, 0.5) is 0 Å². The first-order valence-electron chi connectivity index (χ1n) is 7.61. The molecule has 2 rings (SSSR count). The Morgan fingerprint density at radius 3 is 2.58 bits per heavy atom. The van der Waals surface area contributed by atoms with E-state index in [1.165, 1.54) is 26.5 Å². The Kier molecular flexibility index (Phi) is 6.99. The van der Waals surface area contributed by atoms with Gasteiger partial charge in [0.2, 0.25) is 0 Å². The maximum atomic E-state index is 12.1. The summed E-state index contributed by atoms with van der Waals surface area (Å²) in [5.74, 6) is 0.0601. The average Bonchev–Trinajstić information content (AvgIpc) is 2.65. The number of carbonyl (C=O) groups excluding carboxylic acids is 2. The van der Waals surface area contributed by atoms with E-state index in [0.29, 0.717) is 22.1 Å². The minimum absolute atomic E-state index is 0.222. The molecule has 7 nitrogen and oxygen atoms in total. The summed E-state index contributed by atoms with van der Waals surface area (Å²) in [6, 6.07) is 11.7. The number of benzene rings is 2. The molecule has 0 saturated carbocycles. The van der Waals surface area contributed by atoms with Gasteiger partial charge in [0, 0.05) is 10.6 Å². The van der Waals surface area contributed by atoms with Crippen molar-refractivity contribution in [1.82, 2.24) is 10.7 Å². The summed E-state index contributed by atoms with van der Waals surface area (Å²) < 4.78 is 10.3. The highest BCUT2D eigenvalue weighted by Gasteiger charge is 2.11. The molecule has 2 aromatic carbocycles. The number of nitrogens with zero attached hydrogens (tertiary/aromatic N) is 1. The van der Waals surface area contributed by atoms with Gasteiger partial charge in [0.05, 0.1) is 27.0 Å². The van der Waals surface area contributed by atoms with Gasteiger partial charge in [-0.05, 0) is 35.9 Å². The van der Waals surface area contributed by atoms with Gasteiger partial charge >= 0.3 is 0 Å². The van der Waals surface area contributed by atoms with Crippen LogP contribution in [0.2, 0.25) is 5.02 Å². The van der Waals surface area contributed by atoms with Crippen molar-refractivity contribution in [2.45, 2.75) is 0 Å². The third-order valence-electron chi connectivity index (χ3n) is 3.31. The fourth-order valence-electron chi connectivity index (χ4n) is 2.05. The quantitative estimate of drug-likeness (QED) is 0.573. The Morgan fingerprint density at radius 1 is 1.12 bits per heavy atom. The molecule has 0 bridgehead atoms. The molecule has 0 aliphatic heterocycles.